The average Bonchev–Trinajstić information content (AvgIpc) is 3.35. The standard InChI is InChI=1S/C19H14FN3OS3/c20-13-5-3-12(4-6-13)16-8-15-18(27-16)19(23-11-22-15)26-10-17(24)21-9-14-2-1-7-25-14/h1-8,11H,9-10H2,(H,21,24). The van der Waals surface area contributed by atoms with Gasteiger partial charge in [-0.1, -0.05) is 30.0 Å². The molecule has 0 bridgehead atoms. The van der Waals surface area contributed by atoms with Gasteiger partial charge in [-0.3, -0.25) is 4.79 Å². The molecule has 4 nitrogen and oxygen atoms in total. The second-order valence-electron chi connectivity index (χ2n) is 5.66. The number of nitrogens with one attached hydrogen (secondary N) is 1. The minimum atomic E-state index is -0.260. The molecule has 8 heteroatoms. The van der Waals surface area contributed by atoms with Crippen LogP contribution in [0.3, 0.4) is 0 Å². The fraction of sp³-hybridized carbons (Fsp3) is 0.105. The molecular weight excluding hydrogens is 401 g/mol. The minimum absolute atomic E-state index is 0.0320. The molecule has 4 aromatic rings. The monoisotopic (exact) mass is 415 g/mol. The first-order valence-corrected chi connectivity index (χ1v) is 10.8. The van der Waals surface area contributed by atoms with Crippen molar-refractivity contribution in [3.8, 4) is 10.4 Å². The van der Waals surface area contributed by atoms with E-state index >= 15 is 0 Å². The van der Waals surface area contributed by atoms with Crippen LogP contribution in [0.15, 0.2) is 59.2 Å². The molecule has 0 aliphatic heterocycles. The first-order chi connectivity index (χ1) is 13.2. The molecule has 0 fully saturated rings. The van der Waals surface area contributed by atoms with Crippen molar-refractivity contribution >= 4 is 50.6 Å². The lowest BCUT2D eigenvalue weighted by Crippen LogP contribution is -2.24. The van der Waals surface area contributed by atoms with E-state index in [2.05, 4.69) is 15.3 Å². The van der Waals surface area contributed by atoms with E-state index < -0.39 is 0 Å². The molecule has 27 heavy (non-hydrogen) atoms. The molecule has 136 valence electrons. The Morgan fingerprint density at radius 2 is 2.04 bits per heavy atom. The maximum Gasteiger partial charge on any atom is 0.230 e. The Balaban J connectivity index is 1.47. The van der Waals surface area contributed by atoms with Gasteiger partial charge in [0.2, 0.25) is 5.91 Å². The van der Waals surface area contributed by atoms with Gasteiger partial charge in [-0.15, -0.1) is 22.7 Å². The topological polar surface area (TPSA) is 54.9 Å². The van der Waals surface area contributed by atoms with Gasteiger partial charge in [0.15, 0.2) is 0 Å². The number of aromatic nitrogens is 2. The maximum atomic E-state index is 13.1. The lowest BCUT2D eigenvalue weighted by Gasteiger charge is -2.04. The van der Waals surface area contributed by atoms with E-state index in [-0.39, 0.29) is 11.7 Å². The zero-order chi connectivity index (χ0) is 18.6. The molecule has 0 radical (unpaired) electrons. The van der Waals surface area contributed by atoms with Crippen LogP contribution >= 0.6 is 34.4 Å². The number of thiophene rings is 2. The van der Waals surface area contributed by atoms with E-state index in [1.54, 1.807) is 34.8 Å². The zero-order valence-electron chi connectivity index (χ0n) is 14.0. The highest BCUT2D eigenvalue weighted by Crippen LogP contribution is 2.36. The number of carbonyl (C=O) groups is 1. The van der Waals surface area contributed by atoms with Crippen molar-refractivity contribution in [2.24, 2.45) is 0 Å². The Morgan fingerprint density at radius 3 is 2.81 bits per heavy atom. The van der Waals surface area contributed by atoms with E-state index in [0.717, 1.165) is 30.6 Å². The summed E-state index contributed by atoms with van der Waals surface area (Å²) in [6.07, 6.45) is 1.51. The molecule has 0 aliphatic carbocycles. The largest absolute Gasteiger partial charge is 0.350 e. The van der Waals surface area contributed by atoms with Crippen LogP contribution in [0, 0.1) is 5.82 Å². The molecule has 3 heterocycles. The number of nitrogens with zero attached hydrogens (tertiary/aromatic N) is 2. The van der Waals surface area contributed by atoms with Crippen molar-refractivity contribution in [3.05, 3.63) is 64.9 Å². The number of carbonyl (C=O) groups excluding carboxylic acids is 1. The zero-order valence-corrected chi connectivity index (χ0v) is 16.5. The van der Waals surface area contributed by atoms with Crippen molar-refractivity contribution in [1.82, 2.24) is 15.3 Å². The number of amides is 1. The summed E-state index contributed by atoms with van der Waals surface area (Å²) in [5, 5.41) is 5.69. The van der Waals surface area contributed by atoms with Gasteiger partial charge in [0.1, 0.15) is 17.2 Å². The van der Waals surface area contributed by atoms with E-state index in [1.807, 2.05) is 23.6 Å². The van der Waals surface area contributed by atoms with E-state index in [0.29, 0.717) is 12.3 Å². The van der Waals surface area contributed by atoms with Gasteiger partial charge < -0.3 is 5.32 Å². The maximum absolute atomic E-state index is 13.1. The fourth-order valence-electron chi connectivity index (χ4n) is 2.48. The molecule has 1 aromatic carbocycles. The van der Waals surface area contributed by atoms with Gasteiger partial charge in [-0.2, -0.15) is 0 Å². The second-order valence-corrected chi connectivity index (χ2v) is 8.70. The second kappa shape index (κ2) is 8.16. The summed E-state index contributed by atoms with van der Waals surface area (Å²) < 4.78 is 14.1. The highest BCUT2D eigenvalue weighted by Gasteiger charge is 2.12. The lowest BCUT2D eigenvalue weighted by atomic mass is 10.2. The SMILES string of the molecule is O=C(CSc1ncnc2cc(-c3ccc(F)cc3)sc12)NCc1cccs1. The summed E-state index contributed by atoms with van der Waals surface area (Å²) in [7, 11) is 0. The van der Waals surface area contributed by atoms with Crippen LogP contribution in [-0.4, -0.2) is 21.6 Å². The van der Waals surface area contributed by atoms with Gasteiger partial charge >= 0.3 is 0 Å². The van der Waals surface area contributed by atoms with E-state index in [9.17, 15) is 9.18 Å². The van der Waals surface area contributed by atoms with Crippen molar-refractivity contribution in [3.63, 3.8) is 0 Å². The Hall–Kier alpha value is -2.29. The van der Waals surface area contributed by atoms with Crippen molar-refractivity contribution in [1.29, 1.82) is 0 Å². The third-order valence-electron chi connectivity index (χ3n) is 3.79. The van der Waals surface area contributed by atoms with Gasteiger partial charge in [0, 0.05) is 9.75 Å². The lowest BCUT2D eigenvalue weighted by molar-refractivity contribution is -0.118. The highest BCUT2D eigenvalue weighted by molar-refractivity contribution is 8.00. The van der Waals surface area contributed by atoms with Crippen molar-refractivity contribution in [2.75, 3.05) is 5.75 Å². The molecule has 0 atom stereocenters. The van der Waals surface area contributed by atoms with Crippen LogP contribution in [0.2, 0.25) is 0 Å². The summed E-state index contributed by atoms with van der Waals surface area (Å²) in [6, 6.07) is 12.3. The van der Waals surface area contributed by atoms with Gasteiger partial charge in [0.25, 0.3) is 0 Å². The first-order valence-electron chi connectivity index (χ1n) is 8.11. The Morgan fingerprint density at radius 1 is 1.19 bits per heavy atom. The number of hydrogen-bond donors (Lipinski definition) is 1. The number of fused-ring (bicyclic) bond motifs is 1. The molecule has 0 saturated heterocycles. The van der Waals surface area contributed by atoms with E-state index in [4.69, 9.17) is 0 Å². The van der Waals surface area contributed by atoms with E-state index in [1.165, 1.54) is 30.2 Å². The van der Waals surface area contributed by atoms with Crippen LogP contribution in [0.5, 0.6) is 0 Å². The summed E-state index contributed by atoms with van der Waals surface area (Å²) in [6.45, 7) is 0.546. The van der Waals surface area contributed by atoms with Crippen LogP contribution < -0.4 is 5.32 Å². The van der Waals surface area contributed by atoms with Gasteiger partial charge in [0.05, 0.1) is 22.5 Å². The molecule has 0 saturated carbocycles. The molecule has 3 aromatic heterocycles. The molecule has 0 unspecified atom stereocenters. The smallest absolute Gasteiger partial charge is 0.230 e. The predicted octanol–water partition coefficient (Wildman–Crippen LogP) is 4.97. The molecule has 1 N–H and O–H groups in total. The third-order valence-corrected chi connectivity index (χ3v) is 6.96. The number of halogens is 1. The van der Waals surface area contributed by atoms with Gasteiger partial charge in [-0.05, 0) is 35.2 Å². The number of hydrogen-bond acceptors (Lipinski definition) is 6. The van der Waals surface area contributed by atoms with Gasteiger partial charge in [-0.25, -0.2) is 14.4 Å². The molecular formula is C19H14FN3OS3. The number of thioether (sulfide) groups is 1. The summed E-state index contributed by atoms with van der Waals surface area (Å²) in [4.78, 5) is 22.9. The molecule has 0 spiro atoms. The Labute approximate surface area is 167 Å². The summed E-state index contributed by atoms with van der Waals surface area (Å²) in [5.41, 5.74) is 1.76. The normalized spacial score (nSPS) is 11.0. The molecule has 4 rings (SSSR count). The predicted molar refractivity (Wildman–Crippen MR) is 110 cm³/mol. The highest BCUT2D eigenvalue weighted by atomic mass is 32.2. The van der Waals surface area contributed by atoms with Crippen LogP contribution in [0.25, 0.3) is 20.7 Å². The fourth-order valence-corrected chi connectivity index (χ4v) is 5.15. The first kappa shape index (κ1) is 18.1. The third kappa shape index (κ3) is 4.35. The van der Waals surface area contributed by atoms with Crippen LogP contribution in [0.1, 0.15) is 4.88 Å². The molecule has 1 amide bonds. The number of benzene rings is 1. The molecule has 0 aliphatic rings. The van der Waals surface area contributed by atoms with Crippen molar-refractivity contribution < 1.29 is 9.18 Å². The van der Waals surface area contributed by atoms with Crippen LogP contribution in [0.4, 0.5) is 4.39 Å². The van der Waals surface area contributed by atoms with Crippen molar-refractivity contribution in [2.45, 2.75) is 11.6 Å². The minimum Gasteiger partial charge on any atom is -0.350 e. The number of rotatable bonds is 6. The summed E-state index contributed by atoms with van der Waals surface area (Å²) in [5.74, 6) is 0.00120. The average molecular weight is 416 g/mol. The summed E-state index contributed by atoms with van der Waals surface area (Å²) >= 11 is 4.56. The quantitative estimate of drug-likeness (QED) is 0.357. The van der Waals surface area contributed by atoms with Crippen LogP contribution in [-0.2, 0) is 11.3 Å². The Kier molecular flexibility index (Phi) is 5.47. The Bertz CT molecular complexity index is 1060.